The van der Waals surface area contributed by atoms with Crippen molar-refractivity contribution >= 4 is 21.7 Å². The number of benzene rings is 1. The highest BCUT2D eigenvalue weighted by Crippen LogP contribution is 2.25. The van der Waals surface area contributed by atoms with E-state index in [0.29, 0.717) is 28.1 Å². The number of carbonyl (C=O) groups is 1. The molecule has 0 atom stereocenters. The number of carbonyl (C=O) groups excluding carboxylic acids is 1. The minimum Gasteiger partial charge on any atom is -0.456 e. The molecule has 1 aromatic carbocycles. The summed E-state index contributed by atoms with van der Waals surface area (Å²) in [4.78, 5) is 15.4. The van der Waals surface area contributed by atoms with Crippen LogP contribution in [-0.2, 0) is 0 Å². The highest BCUT2D eigenvalue weighted by molar-refractivity contribution is 9.10. The third-order valence-corrected chi connectivity index (χ3v) is 3.11. The fourth-order valence-corrected chi connectivity index (χ4v) is 1.71. The molecule has 0 bridgehead atoms. The molecule has 0 spiro atoms. The van der Waals surface area contributed by atoms with Crippen molar-refractivity contribution in [2.24, 2.45) is 0 Å². The van der Waals surface area contributed by atoms with Crippen LogP contribution in [0.15, 0.2) is 41.0 Å². The van der Waals surface area contributed by atoms with Crippen LogP contribution in [0.1, 0.15) is 23.8 Å². The molecule has 2 aromatic rings. The lowest BCUT2D eigenvalue weighted by atomic mass is 10.2. The molecule has 0 aliphatic rings. The van der Waals surface area contributed by atoms with Crippen LogP contribution in [-0.4, -0.2) is 10.8 Å². The van der Waals surface area contributed by atoms with Crippen molar-refractivity contribution in [2.45, 2.75) is 13.3 Å². The lowest BCUT2D eigenvalue weighted by molar-refractivity contribution is 0.0983. The molecule has 2 rings (SSSR count). The van der Waals surface area contributed by atoms with Crippen LogP contribution in [0.3, 0.4) is 0 Å². The lowest BCUT2D eigenvalue weighted by Gasteiger charge is -2.06. The van der Waals surface area contributed by atoms with Gasteiger partial charge in [-0.2, -0.15) is 0 Å². The van der Waals surface area contributed by atoms with E-state index in [1.165, 1.54) is 12.3 Å². The average Bonchev–Trinajstić information content (AvgIpc) is 2.43. The Labute approximate surface area is 118 Å². The molecule has 0 unspecified atom stereocenters. The standard InChI is InChI=1S/C14H11BrFNO2/c1-2-14(18)13-6-4-10(8-17-13)19-9-3-5-11(15)12(16)7-9/h3-8H,2H2,1H3. The zero-order valence-electron chi connectivity index (χ0n) is 10.2. The van der Waals surface area contributed by atoms with Gasteiger partial charge in [0.05, 0.1) is 10.7 Å². The monoisotopic (exact) mass is 323 g/mol. The van der Waals surface area contributed by atoms with Crippen LogP contribution in [0.4, 0.5) is 4.39 Å². The first-order valence-corrected chi connectivity index (χ1v) is 6.51. The number of nitrogens with zero attached hydrogens (tertiary/aromatic N) is 1. The van der Waals surface area contributed by atoms with Gasteiger partial charge in [-0.1, -0.05) is 6.92 Å². The number of hydrogen-bond donors (Lipinski definition) is 0. The van der Waals surface area contributed by atoms with Crippen LogP contribution in [0.2, 0.25) is 0 Å². The average molecular weight is 324 g/mol. The molecule has 19 heavy (non-hydrogen) atoms. The van der Waals surface area contributed by atoms with Gasteiger partial charge in [-0.15, -0.1) is 0 Å². The van der Waals surface area contributed by atoms with Crippen LogP contribution in [0.25, 0.3) is 0 Å². The Balaban J connectivity index is 2.15. The smallest absolute Gasteiger partial charge is 0.180 e. The summed E-state index contributed by atoms with van der Waals surface area (Å²) in [5.74, 6) is 0.399. The van der Waals surface area contributed by atoms with Gasteiger partial charge in [0.2, 0.25) is 0 Å². The summed E-state index contributed by atoms with van der Waals surface area (Å²) in [6.45, 7) is 1.78. The van der Waals surface area contributed by atoms with Gasteiger partial charge in [0.1, 0.15) is 23.0 Å². The van der Waals surface area contributed by atoms with Crippen LogP contribution in [0, 0.1) is 5.82 Å². The Morgan fingerprint density at radius 1 is 1.32 bits per heavy atom. The Kier molecular flexibility index (Phi) is 4.27. The summed E-state index contributed by atoms with van der Waals surface area (Å²) in [7, 11) is 0. The van der Waals surface area contributed by atoms with Crippen LogP contribution < -0.4 is 4.74 Å². The molecule has 0 aliphatic carbocycles. The van der Waals surface area contributed by atoms with E-state index in [1.807, 2.05) is 0 Å². The molecule has 3 nitrogen and oxygen atoms in total. The summed E-state index contributed by atoms with van der Waals surface area (Å²) < 4.78 is 19.1. The van der Waals surface area contributed by atoms with Gasteiger partial charge in [0.25, 0.3) is 0 Å². The number of hydrogen-bond acceptors (Lipinski definition) is 3. The van der Waals surface area contributed by atoms with Crippen molar-refractivity contribution in [3.8, 4) is 11.5 Å². The third kappa shape index (κ3) is 3.38. The maximum absolute atomic E-state index is 13.3. The molecular weight excluding hydrogens is 313 g/mol. The van der Waals surface area contributed by atoms with E-state index in [0.717, 1.165) is 0 Å². The molecule has 5 heteroatoms. The van der Waals surface area contributed by atoms with E-state index in [2.05, 4.69) is 20.9 Å². The van der Waals surface area contributed by atoms with Crippen LogP contribution in [0.5, 0.6) is 11.5 Å². The van der Waals surface area contributed by atoms with E-state index >= 15 is 0 Å². The molecule has 0 radical (unpaired) electrons. The number of ether oxygens (including phenoxy) is 1. The van der Waals surface area contributed by atoms with Crippen molar-refractivity contribution in [3.63, 3.8) is 0 Å². The molecule has 98 valence electrons. The van der Waals surface area contributed by atoms with E-state index < -0.39 is 5.82 Å². The van der Waals surface area contributed by atoms with Gasteiger partial charge in [0, 0.05) is 12.5 Å². The minimum atomic E-state index is -0.400. The molecule has 1 heterocycles. The summed E-state index contributed by atoms with van der Waals surface area (Å²) >= 11 is 3.07. The number of halogens is 2. The first-order valence-electron chi connectivity index (χ1n) is 5.72. The van der Waals surface area contributed by atoms with Gasteiger partial charge >= 0.3 is 0 Å². The van der Waals surface area contributed by atoms with E-state index in [-0.39, 0.29) is 5.78 Å². The zero-order valence-corrected chi connectivity index (χ0v) is 11.8. The first kappa shape index (κ1) is 13.7. The molecule has 0 saturated heterocycles. The second-order valence-electron chi connectivity index (χ2n) is 3.83. The number of Topliss-reactive ketones (excluding diaryl/α,β-unsaturated/α-hetero) is 1. The second kappa shape index (κ2) is 5.93. The molecule has 0 N–H and O–H groups in total. The van der Waals surface area contributed by atoms with Gasteiger partial charge in [0.15, 0.2) is 5.78 Å². The largest absolute Gasteiger partial charge is 0.456 e. The van der Waals surface area contributed by atoms with Gasteiger partial charge in [-0.05, 0) is 40.2 Å². The summed E-state index contributed by atoms with van der Waals surface area (Å²) in [6, 6.07) is 7.70. The van der Waals surface area contributed by atoms with Crippen molar-refractivity contribution in [2.75, 3.05) is 0 Å². The van der Waals surface area contributed by atoms with Crippen molar-refractivity contribution in [3.05, 3.63) is 52.5 Å². The maximum Gasteiger partial charge on any atom is 0.180 e. The summed E-state index contributed by atoms with van der Waals surface area (Å²) in [5, 5.41) is 0. The predicted molar refractivity (Wildman–Crippen MR) is 73.0 cm³/mol. The third-order valence-electron chi connectivity index (χ3n) is 2.47. The van der Waals surface area contributed by atoms with Gasteiger partial charge in [-0.25, -0.2) is 9.37 Å². The fraction of sp³-hybridized carbons (Fsp3) is 0.143. The summed E-state index contributed by atoms with van der Waals surface area (Å²) in [6.07, 6.45) is 1.86. The highest BCUT2D eigenvalue weighted by atomic mass is 79.9. The minimum absolute atomic E-state index is 0.0266. The molecule has 0 aliphatic heterocycles. The van der Waals surface area contributed by atoms with Crippen molar-refractivity contribution < 1.29 is 13.9 Å². The molecule has 1 aromatic heterocycles. The van der Waals surface area contributed by atoms with E-state index in [4.69, 9.17) is 4.74 Å². The van der Waals surface area contributed by atoms with Gasteiger partial charge < -0.3 is 4.74 Å². The van der Waals surface area contributed by atoms with Gasteiger partial charge in [-0.3, -0.25) is 4.79 Å². The van der Waals surface area contributed by atoms with E-state index in [1.54, 1.807) is 31.2 Å². The Morgan fingerprint density at radius 3 is 2.63 bits per heavy atom. The van der Waals surface area contributed by atoms with E-state index in [9.17, 15) is 9.18 Å². The quantitative estimate of drug-likeness (QED) is 0.784. The first-order chi connectivity index (χ1) is 9.10. The maximum atomic E-state index is 13.3. The Bertz CT molecular complexity index is 599. The normalized spacial score (nSPS) is 10.3. The Hall–Kier alpha value is -1.75. The summed E-state index contributed by atoms with van der Waals surface area (Å²) in [5.41, 5.74) is 0.400. The highest BCUT2D eigenvalue weighted by Gasteiger charge is 2.06. The van der Waals surface area contributed by atoms with Crippen molar-refractivity contribution in [1.82, 2.24) is 4.98 Å². The topological polar surface area (TPSA) is 39.2 Å². The molecule has 0 amide bonds. The van der Waals surface area contributed by atoms with Crippen LogP contribution >= 0.6 is 15.9 Å². The number of pyridine rings is 1. The second-order valence-corrected chi connectivity index (χ2v) is 4.69. The molecular formula is C14H11BrFNO2. The molecule has 0 fully saturated rings. The Morgan fingerprint density at radius 2 is 2.05 bits per heavy atom. The SMILES string of the molecule is CCC(=O)c1ccc(Oc2ccc(Br)c(F)c2)cn1. The number of aromatic nitrogens is 1. The number of rotatable bonds is 4. The molecule has 0 saturated carbocycles. The zero-order chi connectivity index (χ0) is 13.8. The fourth-order valence-electron chi connectivity index (χ4n) is 1.46. The predicted octanol–water partition coefficient (Wildman–Crippen LogP) is 4.37. The number of ketones is 1. The van der Waals surface area contributed by atoms with Crippen molar-refractivity contribution in [1.29, 1.82) is 0 Å². The lowest BCUT2D eigenvalue weighted by Crippen LogP contribution is -1.99.